The molecule has 1 unspecified atom stereocenters. The Morgan fingerprint density at radius 2 is 1.63 bits per heavy atom. The molecular weight excluding hydrogens is 278 g/mol. The Kier molecular flexibility index (Phi) is 5.46. The summed E-state index contributed by atoms with van der Waals surface area (Å²) in [5.41, 5.74) is -3.89. The molecule has 8 heteroatoms. The largest absolute Gasteiger partial charge is 0.459 e. The average molecular weight is 292 g/mol. The molecule has 0 aromatic carbocycles. The molecule has 0 radical (unpaired) electrons. The molecule has 0 heterocycles. The molecule has 0 aliphatic rings. The number of rotatable bonds is 5. The highest BCUT2D eigenvalue weighted by Gasteiger charge is 2.69. The SMILES string of the molecule is C=CC(=O)OC(C)CC(CC)(C(F)(F)F)C(F)(F)F. The molecule has 112 valence electrons. The first-order chi connectivity index (χ1) is 8.41. The molecule has 0 amide bonds. The van der Waals surface area contributed by atoms with Crippen LogP contribution in [0.3, 0.4) is 0 Å². The van der Waals surface area contributed by atoms with Gasteiger partial charge in [0.2, 0.25) is 0 Å². The van der Waals surface area contributed by atoms with Crippen molar-refractivity contribution in [3.05, 3.63) is 12.7 Å². The normalized spacial score (nSPS) is 14.9. The maximum Gasteiger partial charge on any atom is 0.403 e. The van der Waals surface area contributed by atoms with E-state index in [0.29, 0.717) is 6.08 Å². The molecule has 0 spiro atoms. The van der Waals surface area contributed by atoms with E-state index >= 15 is 0 Å². The second kappa shape index (κ2) is 5.83. The molecule has 0 aromatic rings. The zero-order chi connectivity index (χ0) is 15.5. The number of halogens is 6. The van der Waals surface area contributed by atoms with Crippen molar-refractivity contribution in [2.24, 2.45) is 5.41 Å². The molecule has 0 saturated heterocycles. The van der Waals surface area contributed by atoms with Gasteiger partial charge in [-0.05, 0) is 13.3 Å². The number of carbonyl (C=O) groups excluding carboxylic acids is 1. The topological polar surface area (TPSA) is 26.3 Å². The summed E-state index contributed by atoms with van der Waals surface area (Å²) in [5, 5.41) is 0. The third kappa shape index (κ3) is 3.87. The molecule has 19 heavy (non-hydrogen) atoms. The van der Waals surface area contributed by atoms with E-state index in [0.717, 1.165) is 13.8 Å². The number of alkyl halides is 6. The quantitative estimate of drug-likeness (QED) is 0.434. The van der Waals surface area contributed by atoms with E-state index in [9.17, 15) is 31.1 Å². The molecule has 0 bridgehead atoms. The summed E-state index contributed by atoms with van der Waals surface area (Å²) in [6.45, 7) is 4.78. The average Bonchev–Trinajstić information content (AvgIpc) is 2.21. The number of carbonyl (C=O) groups is 1. The Bertz CT molecular complexity index is 317. The van der Waals surface area contributed by atoms with Crippen molar-refractivity contribution in [1.82, 2.24) is 0 Å². The second-order valence-corrected chi connectivity index (χ2v) is 4.09. The lowest BCUT2D eigenvalue weighted by Crippen LogP contribution is -2.51. The zero-order valence-corrected chi connectivity index (χ0v) is 10.4. The van der Waals surface area contributed by atoms with Gasteiger partial charge in [-0.2, -0.15) is 26.3 Å². The summed E-state index contributed by atoms with van der Waals surface area (Å²) < 4.78 is 81.0. The highest BCUT2D eigenvalue weighted by molar-refractivity contribution is 5.81. The van der Waals surface area contributed by atoms with E-state index in [-0.39, 0.29) is 0 Å². The minimum Gasteiger partial charge on any atom is -0.459 e. The first-order valence-electron chi connectivity index (χ1n) is 5.37. The Hall–Kier alpha value is -1.21. The smallest absolute Gasteiger partial charge is 0.403 e. The maximum atomic E-state index is 12.8. The van der Waals surface area contributed by atoms with Crippen LogP contribution in [0.2, 0.25) is 0 Å². The van der Waals surface area contributed by atoms with E-state index < -0.39 is 42.7 Å². The standard InChI is InChI=1S/C11H14F6O2/c1-4-8(18)19-7(3)6-9(5-2,10(12,13)14)11(15,16)17/h4,7H,1,5-6H2,2-3H3. The van der Waals surface area contributed by atoms with Crippen LogP contribution >= 0.6 is 0 Å². The van der Waals surface area contributed by atoms with Crippen LogP contribution in [-0.2, 0) is 9.53 Å². The van der Waals surface area contributed by atoms with E-state index in [1.807, 2.05) is 0 Å². The Balaban J connectivity index is 5.29. The monoisotopic (exact) mass is 292 g/mol. The molecule has 0 rings (SSSR count). The van der Waals surface area contributed by atoms with E-state index in [1.54, 1.807) is 0 Å². The summed E-state index contributed by atoms with van der Waals surface area (Å²) in [5.74, 6) is -1.07. The number of hydrogen-bond donors (Lipinski definition) is 0. The van der Waals surface area contributed by atoms with Gasteiger partial charge in [0.25, 0.3) is 0 Å². The fraction of sp³-hybridized carbons (Fsp3) is 0.727. The maximum absolute atomic E-state index is 12.8. The highest BCUT2D eigenvalue weighted by Crippen LogP contribution is 2.55. The fourth-order valence-corrected chi connectivity index (χ4v) is 1.72. The van der Waals surface area contributed by atoms with Crippen LogP contribution in [0.5, 0.6) is 0 Å². The highest BCUT2D eigenvalue weighted by atomic mass is 19.4. The van der Waals surface area contributed by atoms with Crippen LogP contribution in [0.4, 0.5) is 26.3 Å². The Labute approximate surface area is 106 Å². The lowest BCUT2D eigenvalue weighted by molar-refractivity contribution is -0.348. The third-order valence-corrected chi connectivity index (χ3v) is 2.81. The first-order valence-corrected chi connectivity index (χ1v) is 5.37. The van der Waals surface area contributed by atoms with Crippen molar-refractivity contribution in [3.8, 4) is 0 Å². The van der Waals surface area contributed by atoms with Crippen LogP contribution in [0, 0.1) is 5.41 Å². The molecule has 0 fully saturated rings. The van der Waals surface area contributed by atoms with E-state index in [1.165, 1.54) is 0 Å². The van der Waals surface area contributed by atoms with Gasteiger partial charge in [0.05, 0.1) is 0 Å². The minimum atomic E-state index is -5.48. The van der Waals surface area contributed by atoms with Crippen LogP contribution in [-0.4, -0.2) is 24.4 Å². The summed E-state index contributed by atoms with van der Waals surface area (Å²) in [4.78, 5) is 10.8. The van der Waals surface area contributed by atoms with Gasteiger partial charge in [-0.1, -0.05) is 13.5 Å². The molecular formula is C11H14F6O2. The van der Waals surface area contributed by atoms with Crippen LogP contribution in [0.1, 0.15) is 26.7 Å². The molecule has 1 atom stereocenters. The van der Waals surface area contributed by atoms with Crippen LogP contribution in [0.15, 0.2) is 12.7 Å². The molecule has 0 saturated carbocycles. The van der Waals surface area contributed by atoms with Crippen molar-refractivity contribution in [1.29, 1.82) is 0 Å². The molecule has 0 aromatic heterocycles. The first kappa shape index (κ1) is 17.8. The van der Waals surface area contributed by atoms with Crippen molar-refractivity contribution in [2.75, 3.05) is 0 Å². The summed E-state index contributed by atoms with van der Waals surface area (Å²) in [6, 6.07) is 0. The van der Waals surface area contributed by atoms with Gasteiger partial charge in [-0.3, -0.25) is 0 Å². The molecule has 0 aliphatic heterocycles. The fourth-order valence-electron chi connectivity index (χ4n) is 1.72. The third-order valence-electron chi connectivity index (χ3n) is 2.81. The lowest BCUT2D eigenvalue weighted by atomic mass is 9.78. The van der Waals surface area contributed by atoms with Gasteiger partial charge in [-0.15, -0.1) is 0 Å². The minimum absolute atomic E-state index is 0.672. The zero-order valence-electron chi connectivity index (χ0n) is 10.4. The predicted molar refractivity (Wildman–Crippen MR) is 55.2 cm³/mol. The molecule has 0 aliphatic carbocycles. The van der Waals surface area contributed by atoms with Crippen molar-refractivity contribution >= 4 is 5.97 Å². The van der Waals surface area contributed by atoms with Crippen molar-refractivity contribution in [3.63, 3.8) is 0 Å². The van der Waals surface area contributed by atoms with Gasteiger partial charge in [0, 0.05) is 12.5 Å². The predicted octanol–water partition coefficient (Wildman–Crippen LogP) is 4.02. The van der Waals surface area contributed by atoms with Crippen molar-refractivity contribution < 1.29 is 35.9 Å². The number of ether oxygens (including phenoxy) is 1. The Morgan fingerprint density at radius 3 is 1.89 bits per heavy atom. The second-order valence-electron chi connectivity index (χ2n) is 4.09. The van der Waals surface area contributed by atoms with Gasteiger partial charge in [0.1, 0.15) is 6.10 Å². The summed E-state index contributed by atoms with van der Waals surface area (Å²) in [6.07, 6.45) is -14.4. The lowest BCUT2D eigenvalue weighted by Gasteiger charge is -2.38. The Morgan fingerprint density at radius 1 is 1.21 bits per heavy atom. The number of hydrogen-bond acceptors (Lipinski definition) is 2. The summed E-state index contributed by atoms with van der Waals surface area (Å²) in [7, 11) is 0. The molecule has 2 nitrogen and oxygen atoms in total. The van der Waals surface area contributed by atoms with E-state index in [2.05, 4.69) is 11.3 Å². The van der Waals surface area contributed by atoms with Gasteiger partial charge in [0.15, 0.2) is 5.41 Å². The number of esters is 1. The van der Waals surface area contributed by atoms with Crippen molar-refractivity contribution in [2.45, 2.75) is 45.1 Å². The van der Waals surface area contributed by atoms with Gasteiger partial charge < -0.3 is 4.74 Å². The van der Waals surface area contributed by atoms with Crippen LogP contribution < -0.4 is 0 Å². The van der Waals surface area contributed by atoms with E-state index in [4.69, 9.17) is 0 Å². The van der Waals surface area contributed by atoms with Crippen LogP contribution in [0.25, 0.3) is 0 Å². The van der Waals surface area contributed by atoms with Gasteiger partial charge >= 0.3 is 18.3 Å². The summed E-state index contributed by atoms with van der Waals surface area (Å²) >= 11 is 0. The molecule has 0 N–H and O–H groups in total. The van der Waals surface area contributed by atoms with Gasteiger partial charge in [-0.25, -0.2) is 4.79 Å².